The van der Waals surface area contributed by atoms with Crippen molar-refractivity contribution in [1.82, 2.24) is 10.2 Å². The van der Waals surface area contributed by atoms with E-state index in [1.807, 2.05) is 13.8 Å². The van der Waals surface area contributed by atoms with Crippen molar-refractivity contribution in [2.45, 2.75) is 39.3 Å². The highest BCUT2D eigenvalue weighted by Crippen LogP contribution is 2.23. The molecule has 0 spiro atoms. The molecule has 6 heteroatoms. The average molecular weight is 310 g/mol. The number of aliphatic carboxylic acids is 1. The van der Waals surface area contributed by atoms with Crippen LogP contribution in [0.25, 0.3) is 0 Å². The van der Waals surface area contributed by atoms with Gasteiger partial charge in [-0.1, -0.05) is 13.8 Å². The fraction of sp³-hybridized carbons (Fsp3) is 0.600. The molecule has 0 bridgehead atoms. The van der Waals surface area contributed by atoms with Gasteiger partial charge in [-0.05, 0) is 35.8 Å². The maximum absolute atomic E-state index is 12.2. The van der Waals surface area contributed by atoms with Crippen molar-refractivity contribution >= 4 is 23.2 Å². The van der Waals surface area contributed by atoms with Crippen LogP contribution in [0.2, 0.25) is 0 Å². The van der Waals surface area contributed by atoms with Gasteiger partial charge < -0.3 is 10.0 Å². The lowest BCUT2D eigenvalue weighted by Crippen LogP contribution is -2.46. The fourth-order valence-corrected chi connectivity index (χ4v) is 3.42. The minimum Gasteiger partial charge on any atom is -0.480 e. The van der Waals surface area contributed by atoms with E-state index in [4.69, 9.17) is 5.11 Å². The number of carboxylic acid groups (broad SMARTS) is 1. The molecule has 2 N–H and O–H groups in total. The molecule has 0 fully saturated rings. The second-order valence-corrected chi connectivity index (χ2v) is 6.84. The summed E-state index contributed by atoms with van der Waals surface area (Å²) in [6, 6.07) is 1.40. The predicted octanol–water partition coefficient (Wildman–Crippen LogP) is 1.72. The molecular weight excluding hydrogens is 288 g/mol. The number of hydrogen-bond donors (Lipinski definition) is 2. The summed E-state index contributed by atoms with van der Waals surface area (Å²) in [5.74, 6) is -0.644. The number of carbonyl (C=O) groups is 2. The van der Waals surface area contributed by atoms with Crippen LogP contribution in [-0.2, 0) is 22.6 Å². The topological polar surface area (TPSA) is 69.6 Å². The van der Waals surface area contributed by atoms with Crippen LogP contribution in [0.15, 0.2) is 11.4 Å². The zero-order chi connectivity index (χ0) is 15.4. The van der Waals surface area contributed by atoms with E-state index in [1.54, 1.807) is 16.2 Å². The molecule has 0 saturated heterocycles. The highest BCUT2D eigenvalue weighted by molar-refractivity contribution is 7.10. The summed E-state index contributed by atoms with van der Waals surface area (Å²) in [4.78, 5) is 26.5. The molecule has 1 aliphatic heterocycles. The van der Waals surface area contributed by atoms with Crippen molar-refractivity contribution in [2.75, 3.05) is 13.1 Å². The van der Waals surface area contributed by atoms with E-state index in [1.165, 1.54) is 10.4 Å². The quantitative estimate of drug-likeness (QED) is 0.839. The lowest BCUT2D eigenvalue weighted by atomic mass is 10.0. The Bertz CT molecular complexity index is 513. The Labute approximate surface area is 129 Å². The van der Waals surface area contributed by atoms with Gasteiger partial charge >= 0.3 is 5.97 Å². The Kier molecular flexibility index (Phi) is 5.36. The van der Waals surface area contributed by atoms with Gasteiger partial charge in [-0.2, -0.15) is 0 Å². The van der Waals surface area contributed by atoms with Crippen molar-refractivity contribution in [3.05, 3.63) is 21.9 Å². The van der Waals surface area contributed by atoms with Crippen LogP contribution in [0.1, 0.15) is 30.7 Å². The van der Waals surface area contributed by atoms with Crippen LogP contribution < -0.4 is 5.32 Å². The first-order chi connectivity index (χ1) is 9.97. The molecule has 0 aliphatic carbocycles. The minimum atomic E-state index is -0.893. The van der Waals surface area contributed by atoms with Crippen molar-refractivity contribution in [1.29, 1.82) is 0 Å². The molecule has 21 heavy (non-hydrogen) atoms. The molecule has 2 heterocycles. The summed E-state index contributed by atoms with van der Waals surface area (Å²) in [5, 5.41) is 14.1. The van der Waals surface area contributed by atoms with Crippen molar-refractivity contribution in [2.24, 2.45) is 5.92 Å². The van der Waals surface area contributed by atoms with Gasteiger partial charge in [0.25, 0.3) is 0 Å². The number of nitrogens with one attached hydrogen (secondary N) is 1. The third-order valence-electron chi connectivity index (χ3n) is 3.67. The van der Waals surface area contributed by atoms with Crippen molar-refractivity contribution in [3.63, 3.8) is 0 Å². The number of carboxylic acids is 1. The van der Waals surface area contributed by atoms with Gasteiger partial charge in [-0.3, -0.25) is 14.9 Å². The Balaban J connectivity index is 1.86. The van der Waals surface area contributed by atoms with Gasteiger partial charge in [-0.15, -0.1) is 11.3 Å². The molecule has 0 saturated carbocycles. The summed E-state index contributed by atoms with van der Waals surface area (Å²) < 4.78 is 0. The van der Waals surface area contributed by atoms with Crippen LogP contribution in [0.5, 0.6) is 0 Å². The normalized spacial score (nSPS) is 15.9. The summed E-state index contributed by atoms with van der Waals surface area (Å²) in [7, 11) is 0. The molecule has 1 aromatic rings. The van der Waals surface area contributed by atoms with E-state index >= 15 is 0 Å². The highest BCUT2D eigenvalue weighted by atomic mass is 32.1. The molecule has 1 amide bonds. The van der Waals surface area contributed by atoms with Crippen LogP contribution in [0, 0.1) is 5.92 Å². The van der Waals surface area contributed by atoms with Gasteiger partial charge in [-0.25, -0.2) is 0 Å². The first-order valence-corrected chi connectivity index (χ1v) is 8.14. The van der Waals surface area contributed by atoms with Gasteiger partial charge in [0.05, 0.1) is 6.54 Å². The molecule has 1 aromatic heterocycles. The van der Waals surface area contributed by atoms with Crippen LogP contribution in [-0.4, -0.2) is 41.0 Å². The molecule has 2 rings (SSSR count). The summed E-state index contributed by atoms with van der Waals surface area (Å²) in [5.41, 5.74) is 1.22. The zero-order valence-electron chi connectivity index (χ0n) is 12.5. The molecule has 1 atom stereocenters. The van der Waals surface area contributed by atoms with Gasteiger partial charge in [0.2, 0.25) is 5.91 Å². The Morgan fingerprint density at radius 1 is 1.48 bits per heavy atom. The predicted molar refractivity (Wildman–Crippen MR) is 82.3 cm³/mol. The van der Waals surface area contributed by atoms with E-state index in [0.717, 1.165) is 13.0 Å². The summed E-state index contributed by atoms with van der Waals surface area (Å²) in [6.07, 6.45) is 1.42. The SMILES string of the molecule is CC(C)CC(NCC(=O)N1CCc2sccc2C1)C(=O)O. The van der Waals surface area contributed by atoms with E-state index < -0.39 is 12.0 Å². The minimum absolute atomic E-state index is 0.0261. The standard InChI is InChI=1S/C15H22N2O3S/c1-10(2)7-12(15(19)20)16-8-14(18)17-5-3-13-11(9-17)4-6-21-13/h4,6,10,12,16H,3,5,7-9H2,1-2H3,(H,19,20). The zero-order valence-corrected chi connectivity index (χ0v) is 13.3. The second-order valence-electron chi connectivity index (χ2n) is 5.84. The van der Waals surface area contributed by atoms with Gasteiger partial charge in [0, 0.05) is 18.0 Å². The molecule has 116 valence electrons. The first-order valence-electron chi connectivity index (χ1n) is 7.26. The van der Waals surface area contributed by atoms with E-state index in [2.05, 4.69) is 16.8 Å². The second kappa shape index (κ2) is 7.04. The number of hydrogen-bond acceptors (Lipinski definition) is 4. The van der Waals surface area contributed by atoms with Crippen LogP contribution in [0.4, 0.5) is 0 Å². The number of fused-ring (bicyclic) bond motifs is 1. The molecule has 1 aliphatic rings. The van der Waals surface area contributed by atoms with E-state index in [9.17, 15) is 9.59 Å². The number of rotatable bonds is 6. The molecule has 0 radical (unpaired) electrons. The highest BCUT2D eigenvalue weighted by Gasteiger charge is 2.24. The van der Waals surface area contributed by atoms with Crippen LogP contribution >= 0.6 is 11.3 Å². The number of nitrogens with zero attached hydrogens (tertiary/aromatic N) is 1. The first kappa shape index (κ1) is 16.0. The van der Waals surface area contributed by atoms with Crippen molar-refractivity contribution in [3.8, 4) is 0 Å². The van der Waals surface area contributed by atoms with Crippen LogP contribution in [0.3, 0.4) is 0 Å². The largest absolute Gasteiger partial charge is 0.480 e. The number of thiophene rings is 1. The smallest absolute Gasteiger partial charge is 0.320 e. The Hall–Kier alpha value is -1.40. The summed E-state index contributed by atoms with van der Waals surface area (Å²) >= 11 is 1.74. The van der Waals surface area contributed by atoms with E-state index in [0.29, 0.717) is 13.0 Å². The maximum Gasteiger partial charge on any atom is 0.320 e. The lowest BCUT2D eigenvalue weighted by molar-refractivity contribution is -0.140. The lowest BCUT2D eigenvalue weighted by Gasteiger charge is -2.28. The Morgan fingerprint density at radius 3 is 2.90 bits per heavy atom. The number of carbonyl (C=O) groups excluding carboxylic acids is 1. The monoisotopic (exact) mass is 310 g/mol. The Morgan fingerprint density at radius 2 is 2.24 bits per heavy atom. The number of amides is 1. The average Bonchev–Trinajstić information content (AvgIpc) is 2.89. The third-order valence-corrected chi connectivity index (χ3v) is 4.69. The van der Waals surface area contributed by atoms with Gasteiger partial charge in [0.15, 0.2) is 0 Å². The molecule has 5 nitrogen and oxygen atoms in total. The third kappa shape index (κ3) is 4.28. The van der Waals surface area contributed by atoms with Crippen molar-refractivity contribution < 1.29 is 14.7 Å². The summed E-state index contributed by atoms with van der Waals surface area (Å²) in [6.45, 7) is 5.39. The molecule has 1 unspecified atom stereocenters. The van der Waals surface area contributed by atoms with Gasteiger partial charge in [0.1, 0.15) is 6.04 Å². The van der Waals surface area contributed by atoms with E-state index in [-0.39, 0.29) is 18.4 Å². The molecule has 0 aromatic carbocycles. The molecular formula is C15H22N2O3S. The fourth-order valence-electron chi connectivity index (χ4n) is 2.53. The maximum atomic E-state index is 12.2.